The van der Waals surface area contributed by atoms with Crippen molar-refractivity contribution in [1.82, 2.24) is 0 Å². The van der Waals surface area contributed by atoms with Gasteiger partial charge in [-0.25, -0.2) is 8.42 Å². The highest BCUT2D eigenvalue weighted by atomic mass is 32.2. The van der Waals surface area contributed by atoms with Gasteiger partial charge in [0, 0.05) is 24.2 Å². The molecule has 0 bridgehead atoms. The third-order valence-electron chi connectivity index (χ3n) is 3.16. The zero-order valence-electron chi connectivity index (χ0n) is 12.9. The molecule has 2 aromatic rings. The zero-order chi connectivity index (χ0) is 17.9. The molecule has 0 radical (unpaired) electrons. The molecular formula is C15H14N3O5S-. The van der Waals surface area contributed by atoms with Crippen molar-refractivity contribution in [2.45, 2.75) is 18.7 Å². The molecule has 0 saturated heterocycles. The minimum absolute atomic E-state index is 0.00939. The van der Waals surface area contributed by atoms with Crippen molar-refractivity contribution in [1.29, 1.82) is 0 Å². The quantitative estimate of drug-likeness (QED) is 0.656. The lowest BCUT2D eigenvalue weighted by atomic mass is 10.2. The number of hydrogen-bond donors (Lipinski definition) is 1. The fraction of sp³-hybridized carbons (Fsp3) is 0.133. The van der Waals surface area contributed by atoms with Crippen LogP contribution in [0.15, 0.2) is 47.4 Å². The third-order valence-corrected chi connectivity index (χ3v) is 4.47. The number of nitrogens with zero attached hydrogens (tertiary/aromatic N) is 2. The fourth-order valence-corrected chi connectivity index (χ4v) is 3.05. The maximum atomic E-state index is 12.3. The number of anilines is 1. The minimum atomic E-state index is -4.03. The van der Waals surface area contributed by atoms with Crippen LogP contribution in [0.5, 0.6) is 0 Å². The molecule has 2 rings (SSSR count). The molecule has 0 aliphatic heterocycles. The monoisotopic (exact) mass is 348 g/mol. The van der Waals surface area contributed by atoms with E-state index in [1.54, 1.807) is 0 Å². The number of nitro groups is 1. The second-order valence-electron chi connectivity index (χ2n) is 4.95. The molecule has 1 amide bonds. The van der Waals surface area contributed by atoms with E-state index in [2.05, 4.69) is 10.0 Å². The summed E-state index contributed by atoms with van der Waals surface area (Å²) < 4.78 is 28.4. The summed E-state index contributed by atoms with van der Waals surface area (Å²) in [5.74, 6) is -0.275. The van der Waals surface area contributed by atoms with E-state index in [0.717, 1.165) is 0 Å². The summed E-state index contributed by atoms with van der Waals surface area (Å²) in [5.41, 5.74) is 0.427. The van der Waals surface area contributed by atoms with Crippen molar-refractivity contribution < 1.29 is 18.1 Å². The van der Waals surface area contributed by atoms with Crippen LogP contribution in [-0.2, 0) is 14.8 Å². The second-order valence-corrected chi connectivity index (χ2v) is 6.55. The van der Waals surface area contributed by atoms with E-state index in [1.165, 1.54) is 56.3 Å². The van der Waals surface area contributed by atoms with Crippen LogP contribution in [0.3, 0.4) is 0 Å². The maximum Gasteiger partial charge on any atom is 0.271 e. The van der Waals surface area contributed by atoms with Gasteiger partial charge >= 0.3 is 0 Å². The van der Waals surface area contributed by atoms with E-state index in [-0.39, 0.29) is 27.7 Å². The number of sulfonamides is 1. The molecule has 9 heteroatoms. The Hall–Kier alpha value is -2.94. The predicted molar refractivity (Wildman–Crippen MR) is 88.8 cm³/mol. The van der Waals surface area contributed by atoms with E-state index in [1.807, 2.05) is 0 Å². The second kappa shape index (κ2) is 6.67. The molecule has 1 N–H and O–H groups in total. The van der Waals surface area contributed by atoms with Crippen LogP contribution >= 0.6 is 0 Å². The van der Waals surface area contributed by atoms with Crippen LogP contribution in [-0.4, -0.2) is 19.2 Å². The number of carbonyl (C=O) groups excluding carboxylic acids is 1. The van der Waals surface area contributed by atoms with Gasteiger partial charge in [-0.2, -0.15) is 0 Å². The summed E-state index contributed by atoms with van der Waals surface area (Å²) in [6.07, 6.45) is 0. The molecule has 0 unspecified atom stereocenters. The standard InChI is InChI=1S/C15H14N3O5S/c1-10-14(4-3-5-15(10)18(20)21)17-24(22,23)13-8-6-12(7-9-13)16-11(2)19/h3-9H,1-2H3,(H,16,19)/q-1. The lowest BCUT2D eigenvalue weighted by Crippen LogP contribution is -2.06. The van der Waals surface area contributed by atoms with Crippen LogP contribution in [0.2, 0.25) is 0 Å². The molecule has 0 fully saturated rings. The Labute approximate surface area is 138 Å². The first kappa shape index (κ1) is 17.4. The van der Waals surface area contributed by atoms with Crippen LogP contribution < -0.4 is 5.32 Å². The molecular weight excluding hydrogens is 334 g/mol. The van der Waals surface area contributed by atoms with E-state index in [9.17, 15) is 23.3 Å². The summed E-state index contributed by atoms with van der Waals surface area (Å²) in [6.45, 7) is 2.78. The first-order valence-electron chi connectivity index (χ1n) is 6.80. The summed E-state index contributed by atoms with van der Waals surface area (Å²) in [6, 6.07) is 9.52. The molecule has 126 valence electrons. The van der Waals surface area contributed by atoms with Gasteiger partial charge in [0.1, 0.15) is 10.0 Å². The molecule has 0 saturated carbocycles. The molecule has 0 heterocycles. The number of benzene rings is 2. The van der Waals surface area contributed by atoms with Crippen LogP contribution in [0.1, 0.15) is 12.5 Å². The Morgan fingerprint density at radius 3 is 2.33 bits per heavy atom. The fourth-order valence-electron chi connectivity index (χ4n) is 2.00. The Morgan fingerprint density at radius 1 is 1.17 bits per heavy atom. The summed E-state index contributed by atoms with van der Waals surface area (Å²) in [4.78, 5) is 21.2. The average molecular weight is 348 g/mol. The molecule has 8 nitrogen and oxygen atoms in total. The van der Waals surface area contributed by atoms with Crippen molar-refractivity contribution in [3.8, 4) is 0 Å². The highest BCUT2D eigenvalue weighted by Gasteiger charge is 2.12. The largest absolute Gasteiger partial charge is 0.572 e. The number of carbonyl (C=O) groups is 1. The molecule has 0 aromatic heterocycles. The zero-order valence-corrected chi connectivity index (χ0v) is 13.7. The van der Waals surface area contributed by atoms with Crippen LogP contribution in [0.4, 0.5) is 17.1 Å². The van der Waals surface area contributed by atoms with Crippen LogP contribution in [0.25, 0.3) is 4.72 Å². The highest BCUT2D eigenvalue weighted by Crippen LogP contribution is 2.35. The SMILES string of the molecule is CC(=O)Nc1ccc(S(=O)(=O)[N-]c2cccc([N+](=O)[O-])c2C)cc1. The van der Waals surface area contributed by atoms with Gasteiger partial charge in [0.05, 0.1) is 9.82 Å². The van der Waals surface area contributed by atoms with Crippen LogP contribution in [0, 0.1) is 17.0 Å². The number of amides is 1. The van der Waals surface area contributed by atoms with Gasteiger partial charge in [-0.15, -0.1) is 5.69 Å². The molecule has 2 aromatic carbocycles. The van der Waals surface area contributed by atoms with Gasteiger partial charge in [-0.05, 0) is 31.2 Å². The maximum absolute atomic E-state index is 12.3. The van der Waals surface area contributed by atoms with Crippen molar-refractivity contribution in [2.75, 3.05) is 5.32 Å². The summed E-state index contributed by atoms with van der Waals surface area (Å²) >= 11 is 0. The lowest BCUT2D eigenvalue weighted by molar-refractivity contribution is -0.385. The Bertz CT molecular complexity index is 892. The minimum Gasteiger partial charge on any atom is -0.572 e. The van der Waals surface area contributed by atoms with Gasteiger partial charge < -0.3 is 10.0 Å². The first-order valence-corrected chi connectivity index (χ1v) is 8.24. The number of nitro benzene ring substituents is 1. The molecule has 0 aliphatic carbocycles. The van der Waals surface area contributed by atoms with Crippen molar-refractivity contribution in [3.05, 3.63) is 62.9 Å². The average Bonchev–Trinajstić information content (AvgIpc) is 2.49. The van der Waals surface area contributed by atoms with Gasteiger partial charge in [0.25, 0.3) is 5.69 Å². The van der Waals surface area contributed by atoms with E-state index in [0.29, 0.717) is 5.69 Å². The van der Waals surface area contributed by atoms with Crippen molar-refractivity contribution >= 4 is 33.0 Å². The first-order chi connectivity index (χ1) is 11.2. The predicted octanol–water partition coefficient (Wildman–Crippen LogP) is 3.26. The van der Waals surface area contributed by atoms with Gasteiger partial charge in [0.2, 0.25) is 5.91 Å². The summed E-state index contributed by atoms with van der Waals surface area (Å²) in [5, 5.41) is 13.4. The third kappa shape index (κ3) is 3.87. The number of rotatable bonds is 5. The Balaban J connectivity index is 2.30. The number of hydrogen-bond acceptors (Lipinski definition) is 5. The topological polar surface area (TPSA) is 120 Å². The Morgan fingerprint density at radius 2 is 1.79 bits per heavy atom. The lowest BCUT2D eigenvalue weighted by Gasteiger charge is -2.23. The Kier molecular flexibility index (Phi) is 4.84. The van der Waals surface area contributed by atoms with Crippen molar-refractivity contribution in [2.24, 2.45) is 0 Å². The molecule has 24 heavy (non-hydrogen) atoms. The number of nitrogens with one attached hydrogen (secondary N) is 1. The molecule has 0 spiro atoms. The van der Waals surface area contributed by atoms with Gasteiger partial charge in [-0.3, -0.25) is 14.9 Å². The smallest absolute Gasteiger partial charge is 0.271 e. The van der Waals surface area contributed by atoms with Crippen molar-refractivity contribution in [3.63, 3.8) is 0 Å². The van der Waals surface area contributed by atoms with E-state index >= 15 is 0 Å². The highest BCUT2D eigenvalue weighted by molar-refractivity contribution is 7.94. The van der Waals surface area contributed by atoms with E-state index < -0.39 is 14.9 Å². The molecule has 0 aliphatic rings. The van der Waals surface area contributed by atoms with Gasteiger partial charge in [-0.1, -0.05) is 12.1 Å². The molecule has 0 atom stereocenters. The normalized spacial score (nSPS) is 10.9. The summed E-state index contributed by atoms with van der Waals surface area (Å²) in [7, 11) is -4.03. The van der Waals surface area contributed by atoms with E-state index in [4.69, 9.17) is 0 Å². The van der Waals surface area contributed by atoms with Gasteiger partial charge in [0.15, 0.2) is 0 Å².